The Morgan fingerprint density at radius 2 is 1.50 bits per heavy atom. The molecule has 0 bridgehead atoms. The number of nitrogens with one attached hydrogen (secondary N) is 2. The van der Waals surface area contributed by atoms with E-state index in [1.807, 2.05) is 54.6 Å². The van der Waals surface area contributed by atoms with Gasteiger partial charge in [-0.3, -0.25) is 9.59 Å². The maximum Gasteiger partial charge on any atom is 0.251 e. The first-order valence-corrected chi connectivity index (χ1v) is 8.25. The molecule has 0 unspecified atom stereocenters. The van der Waals surface area contributed by atoms with Gasteiger partial charge in [0.25, 0.3) is 5.91 Å². The summed E-state index contributed by atoms with van der Waals surface area (Å²) in [4.78, 5) is 23.8. The SMILES string of the molecule is CC(C)c1ccc(C(=O)NCCNC(=O)Cc2ccccc2)cc1. The van der Waals surface area contributed by atoms with Crippen LogP contribution in [0.2, 0.25) is 0 Å². The molecule has 4 nitrogen and oxygen atoms in total. The van der Waals surface area contributed by atoms with Crippen LogP contribution in [0.3, 0.4) is 0 Å². The number of carbonyl (C=O) groups is 2. The number of amides is 2. The van der Waals surface area contributed by atoms with Crippen molar-refractivity contribution < 1.29 is 9.59 Å². The van der Waals surface area contributed by atoms with Crippen LogP contribution in [-0.4, -0.2) is 24.9 Å². The summed E-state index contributed by atoms with van der Waals surface area (Å²) in [5, 5.41) is 5.62. The summed E-state index contributed by atoms with van der Waals surface area (Å²) in [5.41, 5.74) is 2.82. The molecule has 0 radical (unpaired) electrons. The fraction of sp³-hybridized carbons (Fsp3) is 0.300. The van der Waals surface area contributed by atoms with Crippen molar-refractivity contribution in [2.24, 2.45) is 0 Å². The normalized spacial score (nSPS) is 10.5. The Balaban J connectivity index is 1.70. The summed E-state index contributed by atoms with van der Waals surface area (Å²) in [6.45, 7) is 5.06. The third-order valence-electron chi connectivity index (χ3n) is 3.78. The van der Waals surface area contributed by atoms with Gasteiger partial charge in [0.2, 0.25) is 5.91 Å². The van der Waals surface area contributed by atoms with Crippen LogP contribution < -0.4 is 10.6 Å². The summed E-state index contributed by atoms with van der Waals surface area (Å²) in [7, 11) is 0. The van der Waals surface area contributed by atoms with Crippen LogP contribution in [0, 0.1) is 0 Å². The summed E-state index contributed by atoms with van der Waals surface area (Å²) < 4.78 is 0. The highest BCUT2D eigenvalue weighted by Crippen LogP contribution is 2.14. The summed E-state index contributed by atoms with van der Waals surface area (Å²) >= 11 is 0. The Bertz CT molecular complexity index is 664. The highest BCUT2D eigenvalue weighted by molar-refractivity contribution is 5.94. The maximum atomic E-state index is 12.0. The molecule has 2 amide bonds. The average Bonchev–Trinajstić information content (AvgIpc) is 2.59. The summed E-state index contributed by atoms with van der Waals surface area (Å²) in [6, 6.07) is 17.2. The lowest BCUT2D eigenvalue weighted by Crippen LogP contribution is -2.35. The van der Waals surface area contributed by atoms with Gasteiger partial charge in [-0.2, -0.15) is 0 Å². The molecule has 0 spiro atoms. The molecule has 2 aromatic rings. The lowest BCUT2D eigenvalue weighted by atomic mass is 10.0. The van der Waals surface area contributed by atoms with Gasteiger partial charge in [0.15, 0.2) is 0 Å². The predicted octanol–water partition coefficient (Wildman–Crippen LogP) is 2.90. The molecule has 0 aromatic heterocycles. The molecule has 0 atom stereocenters. The predicted molar refractivity (Wildman–Crippen MR) is 96.0 cm³/mol. The van der Waals surface area contributed by atoms with Gasteiger partial charge in [-0.1, -0.05) is 56.3 Å². The van der Waals surface area contributed by atoms with Crippen LogP contribution in [0.1, 0.15) is 41.3 Å². The molecular formula is C20H24N2O2. The standard InChI is InChI=1S/C20H24N2O2/c1-15(2)17-8-10-18(11-9-17)20(24)22-13-12-21-19(23)14-16-6-4-3-5-7-16/h3-11,15H,12-14H2,1-2H3,(H,21,23)(H,22,24). The second kappa shape index (κ2) is 8.87. The Labute approximate surface area is 143 Å². The van der Waals surface area contributed by atoms with Crippen molar-refractivity contribution in [3.63, 3.8) is 0 Å². The molecule has 0 heterocycles. The van der Waals surface area contributed by atoms with E-state index in [-0.39, 0.29) is 11.8 Å². The molecule has 0 aliphatic heterocycles. The number of carbonyl (C=O) groups excluding carboxylic acids is 2. The zero-order valence-electron chi connectivity index (χ0n) is 14.2. The molecule has 126 valence electrons. The van der Waals surface area contributed by atoms with Gasteiger partial charge in [-0.05, 0) is 29.2 Å². The third kappa shape index (κ3) is 5.54. The molecule has 2 aromatic carbocycles. The van der Waals surface area contributed by atoms with Crippen molar-refractivity contribution in [1.29, 1.82) is 0 Å². The Morgan fingerprint density at radius 3 is 2.12 bits per heavy atom. The topological polar surface area (TPSA) is 58.2 Å². The van der Waals surface area contributed by atoms with E-state index in [2.05, 4.69) is 24.5 Å². The smallest absolute Gasteiger partial charge is 0.251 e. The molecule has 0 saturated carbocycles. The monoisotopic (exact) mass is 324 g/mol. The Kier molecular flexibility index (Phi) is 6.55. The first kappa shape index (κ1) is 17.7. The number of rotatable bonds is 7. The van der Waals surface area contributed by atoms with Crippen molar-refractivity contribution in [2.45, 2.75) is 26.2 Å². The van der Waals surface area contributed by atoms with E-state index in [0.717, 1.165) is 5.56 Å². The van der Waals surface area contributed by atoms with Gasteiger partial charge in [0.1, 0.15) is 0 Å². The van der Waals surface area contributed by atoms with Gasteiger partial charge in [0.05, 0.1) is 6.42 Å². The fourth-order valence-corrected chi connectivity index (χ4v) is 2.34. The van der Waals surface area contributed by atoms with Crippen LogP contribution in [0.4, 0.5) is 0 Å². The fourth-order valence-electron chi connectivity index (χ4n) is 2.34. The molecule has 0 aliphatic carbocycles. The van der Waals surface area contributed by atoms with E-state index < -0.39 is 0 Å². The first-order chi connectivity index (χ1) is 11.6. The lowest BCUT2D eigenvalue weighted by molar-refractivity contribution is -0.120. The highest BCUT2D eigenvalue weighted by atomic mass is 16.2. The van der Waals surface area contributed by atoms with Gasteiger partial charge >= 0.3 is 0 Å². The highest BCUT2D eigenvalue weighted by Gasteiger charge is 2.07. The molecule has 2 rings (SSSR count). The Hall–Kier alpha value is -2.62. The summed E-state index contributed by atoms with van der Waals surface area (Å²) in [5.74, 6) is 0.279. The zero-order valence-corrected chi connectivity index (χ0v) is 14.2. The van der Waals surface area contributed by atoms with Crippen LogP contribution >= 0.6 is 0 Å². The van der Waals surface area contributed by atoms with Crippen LogP contribution in [0.25, 0.3) is 0 Å². The van der Waals surface area contributed by atoms with Crippen molar-refractivity contribution in [3.05, 3.63) is 71.3 Å². The average molecular weight is 324 g/mol. The quantitative estimate of drug-likeness (QED) is 0.769. The second-order valence-electron chi connectivity index (χ2n) is 6.04. The minimum Gasteiger partial charge on any atom is -0.354 e. The van der Waals surface area contributed by atoms with E-state index >= 15 is 0 Å². The second-order valence-corrected chi connectivity index (χ2v) is 6.04. The van der Waals surface area contributed by atoms with Crippen LogP contribution in [-0.2, 0) is 11.2 Å². The van der Waals surface area contributed by atoms with Gasteiger partial charge in [0, 0.05) is 18.7 Å². The summed E-state index contributed by atoms with van der Waals surface area (Å²) in [6.07, 6.45) is 0.353. The maximum absolute atomic E-state index is 12.0. The third-order valence-corrected chi connectivity index (χ3v) is 3.78. The van der Waals surface area contributed by atoms with E-state index in [9.17, 15) is 9.59 Å². The van der Waals surface area contributed by atoms with Crippen molar-refractivity contribution >= 4 is 11.8 Å². The molecule has 0 aliphatic rings. The first-order valence-electron chi connectivity index (χ1n) is 8.25. The largest absolute Gasteiger partial charge is 0.354 e. The Morgan fingerprint density at radius 1 is 0.875 bits per heavy atom. The van der Waals surface area contributed by atoms with Gasteiger partial charge < -0.3 is 10.6 Å². The van der Waals surface area contributed by atoms with Crippen LogP contribution in [0.5, 0.6) is 0 Å². The number of hydrogen-bond acceptors (Lipinski definition) is 2. The van der Waals surface area contributed by atoms with Gasteiger partial charge in [-0.15, -0.1) is 0 Å². The molecule has 24 heavy (non-hydrogen) atoms. The van der Waals surface area contributed by atoms with E-state index in [1.54, 1.807) is 0 Å². The molecule has 2 N–H and O–H groups in total. The van der Waals surface area contributed by atoms with Crippen molar-refractivity contribution in [3.8, 4) is 0 Å². The molecular weight excluding hydrogens is 300 g/mol. The van der Waals surface area contributed by atoms with Gasteiger partial charge in [-0.25, -0.2) is 0 Å². The van der Waals surface area contributed by atoms with Crippen molar-refractivity contribution in [2.75, 3.05) is 13.1 Å². The number of hydrogen-bond donors (Lipinski definition) is 2. The molecule has 4 heteroatoms. The minimum absolute atomic E-state index is 0.0447. The zero-order chi connectivity index (χ0) is 17.4. The van der Waals surface area contributed by atoms with Crippen LogP contribution in [0.15, 0.2) is 54.6 Å². The van der Waals surface area contributed by atoms with Crippen molar-refractivity contribution in [1.82, 2.24) is 10.6 Å². The molecule has 0 saturated heterocycles. The minimum atomic E-state index is -0.123. The molecule has 0 fully saturated rings. The van der Waals surface area contributed by atoms with E-state index in [1.165, 1.54) is 5.56 Å². The van der Waals surface area contributed by atoms with E-state index in [0.29, 0.717) is 31.0 Å². The van der Waals surface area contributed by atoms with E-state index in [4.69, 9.17) is 0 Å². The lowest BCUT2D eigenvalue weighted by Gasteiger charge is -2.09. The number of benzene rings is 2.